The lowest BCUT2D eigenvalue weighted by Crippen LogP contribution is -2.24. The van der Waals surface area contributed by atoms with Crippen LogP contribution < -0.4 is 0 Å². The van der Waals surface area contributed by atoms with E-state index in [1.165, 1.54) is 0 Å². The Kier molecular flexibility index (Phi) is 3.98. The maximum Gasteiger partial charge on any atom is 0.231 e. The average Bonchev–Trinajstić information content (AvgIpc) is 3.15. The molecule has 7 nitrogen and oxygen atoms in total. The summed E-state index contributed by atoms with van der Waals surface area (Å²) in [6.45, 7) is 3.67. The first-order valence-corrected chi connectivity index (χ1v) is 6.70. The maximum absolute atomic E-state index is 5.37. The summed E-state index contributed by atoms with van der Waals surface area (Å²) in [5.74, 6) is 1.48. The summed E-state index contributed by atoms with van der Waals surface area (Å²) in [5.41, 5.74) is 0.636. The van der Waals surface area contributed by atoms with Gasteiger partial charge in [0.2, 0.25) is 11.7 Å². The van der Waals surface area contributed by atoms with Crippen molar-refractivity contribution in [1.82, 2.24) is 25.2 Å². The van der Waals surface area contributed by atoms with Gasteiger partial charge in [0.15, 0.2) is 0 Å². The summed E-state index contributed by atoms with van der Waals surface area (Å²) < 4.78 is 10.5. The van der Waals surface area contributed by atoms with Crippen molar-refractivity contribution in [3.05, 3.63) is 24.2 Å². The van der Waals surface area contributed by atoms with Crippen LogP contribution in [0, 0.1) is 0 Å². The highest BCUT2D eigenvalue weighted by molar-refractivity contribution is 5.46. The molecule has 106 valence electrons. The Morgan fingerprint density at radius 1 is 1.50 bits per heavy atom. The van der Waals surface area contributed by atoms with Crippen molar-refractivity contribution in [2.24, 2.45) is 0 Å². The summed E-state index contributed by atoms with van der Waals surface area (Å²) in [5, 5.41) is 11.8. The molecule has 1 atom stereocenters. The molecule has 2 aromatic heterocycles. The molecule has 0 spiro atoms. The Morgan fingerprint density at radius 3 is 3.25 bits per heavy atom. The van der Waals surface area contributed by atoms with E-state index in [2.05, 4.69) is 25.2 Å². The van der Waals surface area contributed by atoms with E-state index in [-0.39, 0.29) is 0 Å². The minimum absolute atomic E-state index is 0.296. The van der Waals surface area contributed by atoms with Crippen molar-refractivity contribution in [3.63, 3.8) is 0 Å². The predicted molar refractivity (Wildman–Crippen MR) is 71.0 cm³/mol. The highest BCUT2D eigenvalue weighted by atomic mass is 16.5. The zero-order valence-electron chi connectivity index (χ0n) is 11.4. The van der Waals surface area contributed by atoms with E-state index >= 15 is 0 Å². The minimum Gasteiger partial charge on any atom is -0.383 e. The lowest BCUT2D eigenvalue weighted by molar-refractivity contribution is 0.159. The molecular formula is C13H17N5O2. The molecule has 2 aromatic rings. The molecule has 0 bridgehead atoms. The molecule has 0 aromatic carbocycles. The number of hydrogen-bond acceptors (Lipinski definition) is 7. The van der Waals surface area contributed by atoms with Crippen molar-refractivity contribution < 1.29 is 9.26 Å². The zero-order chi connectivity index (χ0) is 13.8. The third kappa shape index (κ3) is 2.83. The molecule has 0 N–H and O–H groups in total. The van der Waals surface area contributed by atoms with Gasteiger partial charge in [-0.15, -0.1) is 5.10 Å². The molecule has 1 saturated heterocycles. The smallest absolute Gasteiger partial charge is 0.231 e. The van der Waals surface area contributed by atoms with Crippen LogP contribution in [0.1, 0.15) is 18.2 Å². The molecule has 1 fully saturated rings. The monoisotopic (exact) mass is 275 g/mol. The Balaban J connectivity index is 1.66. The van der Waals surface area contributed by atoms with Gasteiger partial charge >= 0.3 is 0 Å². The normalized spacial score (nSPS) is 19.6. The fourth-order valence-corrected chi connectivity index (χ4v) is 2.38. The molecule has 0 aliphatic carbocycles. The molecule has 1 aliphatic rings. The quantitative estimate of drug-likeness (QED) is 0.804. The Labute approximate surface area is 117 Å². The van der Waals surface area contributed by atoms with Crippen LogP contribution in [-0.4, -0.2) is 58.6 Å². The van der Waals surface area contributed by atoms with E-state index in [0.29, 0.717) is 23.3 Å². The van der Waals surface area contributed by atoms with Crippen LogP contribution in [0.25, 0.3) is 11.5 Å². The van der Waals surface area contributed by atoms with Crippen LogP contribution in [0.3, 0.4) is 0 Å². The van der Waals surface area contributed by atoms with Crippen molar-refractivity contribution >= 4 is 0 Å². The third-order valence-electron chi connectivity index (χ3n) is 3.48. The summed E-state index contributed by atoms with van der Waals surface area (Å²) in [6.07, 6.45) is 2.65. The molecule has 0 unspecified atom stereocenters. The second-order valence-corrected chi connectivity index (χ2v) is 4.84. The van der Waals surface area contributed by atoms with E-state index in [9.17, 15) is 0 Å². The van der Waals surface area contributed by atoms with Crippen LogP contribution in [0.5, 0.6) is 0 Å². The van der Waals surface area contributed by atoms with E-state index in [4.69, 9.17) is 9.26 Å². The van der Waals surface area contributed by atoms with E-state index in [1.807, 2.05) is 6.07 Å². The number of methoxy groups -OCH3 is 1. The summed E-state index contributed by atoms with van der Waals surface area (Å²) in [7, 11) is 1.72. The van der Waals surface area contributed by atoms with E-state index < -0.39 is 0 Å². The molecule has 0 saturated carbocycles. The first kappa shape index (κ1) is 13.1. The minimum atomic E-state index is 0.296. The average molecular weight is 275 g/mol. The number of rotatable bonds is 5. The van der Waals surface area contributed by atoms with Gasteiger partial charge in [0.1, 0.15) is 5.69 Å². The molecule has 20 heavy (non-hydrogen) atoms. The molecule has 3 heterocycles. The molecule has 1 aliphatic heterocycles. The van der Waals surface area contributed by atoms with Gasteiger partial charge in [-0.3, -0.25) is 0 Å². The fourth-order valence-electron chi connectivity index (χ4n) is 2.38. The SMILES string of the molecule is COCCN1CC[C@@H](c2nc(-c3cccnn3)no2)C1. The van der Waals surface area contributed by atoms with Crippen molar-refractivity contribution in [3.8, 4) is 11.5 Å². The first-order chi connectivity index (χ1) is 9.86. The maximum atomic E-state index is 5.37. The summed E-state index contributed by atoms with van der Waals surface area (Å²) in [4.78, 5) is 6.79. The molecular weight excluding hydrogens is 258 g/mol. The molecule has 0 amide bonds. The number of hydrogen-bond donors (Lipinski definition) is 0. The largest absolute Gasteiger partial charge is 0.383 e. The van der Waals surface area contributed by atoms with Gasteiger partial charge in [0.05, 0.1) is 12.5 Å². The third-order valence-corrected chi connectivity index (χ3v) is 3.48. The topological polar surface area (TPSA) is 77.2 Å². The molecule has 0 radical (unpaired) electrons. The second-order valence-electron chi connectivity index (χ2n) is 4.84. The number of aromatic nitrogens is 4. The lowest BCUT2D eigenvalue weighted by atomic mass is 10.1. The van der Waals surface area contributed by atoms with Crippen LogP contribution >= 0.6 is 0 Å². The van der Waals surface area contributed by atoms with E-state index in [0.717, 1.165) is 32.7 Å². The number of likely N-dealkylation sites (tertiary alicyclic amines) is 1. The predicted octanol–water partition coefficient (Wildman–Crippen LogP) is 0.962. The van der Waals surface area contributed by atoms with Crippen molar-refractivity contribution in [1.29, 1.82) is 0 Å². The van der Waals surface area contributed by atoms with Crippen molar-refractivity contribution in [2.75, 3.05) is 33.4 Å². The first-order valence-electron chi connectivity index (χ1n) is 6.70. The molecule has 3 rings (SSSR count). The van der Waals surface area contributed by atoms with Crippen LogP contribution in [0.2, 0.25) is 0 Å². The lowest BCUT2D eigenvalue weighted by Gasteiger charge is -2.13. The summed E-state index contributed by atoms with van der Waals surface area (Å²) in [6, 6.07) is 3.63. The van der Waals surface area contributed by atoms with Crippen LogP contribution in [0.4, 0.5) is 0 Å². The number of nitrogens with zero attached hydrogens (tertiary/aromatic N) is 5. The Hall–Kier alpha value is -1.86. The summed E-state index contributed by atoms with van der Waals surface area (Å²) >= 11 is 0. The van der Waals surface area contributed by atoms with E-state index in [1.54, 1.807) is 19.4 Å². The van der Waals surface area contributed by atoms with Gasteiger partial charge in [-0.05, 0) is 25.1 Å². The Morgan fingerprint density at radius 2 is 2.45 bits per heavy atom. The highest BCUT2D eigenvalue weighted by Gasteiger charge is 2.28. The molecule has 7 heteroatoms. The van der Waals surface area contributed by atoms with Gasteiger partial charge in [0.25, 0.3) is 0 Å². The number of ether oxygens (including phenoxy) is 1. The van der Waals surface area contributed by atoms with Gasteiger partial charge in [-0.1, -0.05) is 5.16 Å². The Bertz CT molecular complexity index is 545. The highest BCUT2D eigenvalue weighted by Crippen LogP contribution is 2.26. The van der Waals surface area contributed by atoms with Gasteiger partial charge in [-0.2, -0.15) is 10.1 Å². The van der Waals surface area contributed by atoms with Crippen LogP contribution in [-0.2, 0) is 4.74 Å². The standard InChI is InChI=1S/C13H17N5O2/c1-19-8-7-18-6-4-10(9-18)13-15-12(17-20-13)11-3-2-5-14-16-11/h2-3,5,10H,4,6-9H2,1H3/t10-/m1/s1. The van der Waals surface area contributed by atoms with Gasteiger partial charge in [-0.25, -0.2) is 0 Å². The fraction of sp³-hybridized carbons (Fsp3) is 0.538. The van der Waals surface area contributed by atoms with Crippen LogP contribution in [0.15, 0.2) is 22.9 Å². The second kappa shape index (κ2) is 6.06. The van der Waals surface area contributed by atoms with Gasteiger partial charge < -0.3 is 14.2 Å². The zero-order valence-corrected chi connectivity index (χ0v) is 11.4. The van der Waals surface area contributed by atoms with Gasteiger partial charge in [0, 0.05) is 26.4 Å². The van der Waals surface area contributed by atoms with Crippen molar-refractivity contribution in [2.45, 2.75) is 12.3 Å².